The Hall–Kier alpha value is -3.35. The number of rotatable bonds is 4. The fraction of sp³-hybridized carbons (Fsp3) is 0.261. The van der Waals surface area contributed by atoms with Crippen molar-refractivity contribution in [1.82, 2.24) is 15.0 Å². The molecule has 1 aliphatic heterocycles. The van der Waals surface area contributed by atoms with Gasteiger partial charge in [0.25, 0.3) is 0 Å². The molecule has 1 aliphatic rings. The summed E-state index contributed by atoms with van der Waals surface area (Å²) >= 11 is 0. The number of morpholine rings is 1. The van der Waals surface area contributed by atoms with Crippen LogP contribution in [0.15, 0.2) is 47.8 Å². The number of nitrogens with zero attached hydrogens (tertiary/aromatic N) is 4. The van der Waals surface area contributed by atoms with Gasteiger partial charge in [-0.3, -0.25) is 9.71 Å². The molecule has 32 heavy (non-hydrogen) atoms. The van der Waals surface area contributed by atoms with E-state index in [-0.39, 0.29) is 0 Å². The summed E-state index contributed by atoms with van der Waals surface area (Å²) in [5.74, 6) is 6.65. The predicted molar refractivity (Wildman–Crippen MR) is 121 cm³/mol. The topological polar surface area (TPSA) is 80.2 Å². The molecule has 3 heterocycles. The largest absolute Gasteiger partial charge is 0.378 e. The number of anilines is 2. The van der Waals surface area contributed by atoms with E-state index in [1.54, 1.807) is 31.6 Å². The van der Waals surface area contributed by atoms with Gasteiger partial charge in [0.15, 0.2) is 0 Å². The van der Waals surface area contributed by atoms with E-state index in [0.717, 1.165) is 30.2 Å². The monoisotopic (exact) mass is 451 g/mol. The lowest BCUT2D eigenvalue weighted by molar-refractivity contribution is 0.122. The SMILES string of the molecule is Cc1ncc(C#Cc2c(C)ncnc2N2CCOCC2)cc1NS(=O)c1cccc(F)c1. The molecule has 3 aromatic rings. The van der Waals surface area contributed by atoms with Crippen LogP contribution < -0.4 is 9.62 Å². The third-order valence-corrected chi connectivity index (χ3v) is 6.05. The summed E-state index contributed by atoms with van der Waals surface area (Å²) in [6.07, 6.45) is 3.20. The first-order chi connectivity index (χ1) is 15.5. The van der Waals surface area contributed by atoms with Crippen LogP contribution in [0.25, 0.3) is 0 Å². The molecule has 1 aromatic carbocycles. The lowest BCUT2D eigenvalue weighted by Crippen LogP contribution is -2.37. The van der Waals surface area contributed by atoms with Crippen molar-refractivity contribution < 1.29 is 13.3 Å². The molecule has 0 aliphatic carbocycles. The van der Waals surface area contributed by atoms with Crippen LogP contribution in [0, 0.1) is 31.5 Å². The van der Waals surface area contributed by atoms with Gasteiger partial charge in [-0.1, -0.05) is 17.9 Å². The molecule has 164 valence electrons. The molecule has 1 atom stereocenters. The highest BCUT2D eigenvalue weighted by molar-refractivity contribution is 7.86. The second kappa shape index (κ2) is 9.85. The predicted octanol–water partition coefficient (Wildman–Crippen LogP) is 3.00. The Labute approximate surface area is 188 Å². The zero-order valence-corrected chi connectivity index (χ0v) is 18.6. The lowest BCUT2D eigenvalue weighted by Gasteiger charge is -2.28. The molecular weight excluding hydrogens is 429 g/mol. The Balaban J connectivity index is 1.60. The molecule has 0 bridgehead atoms. The van der Waals surface area contributed by atoms with Gasteiger partial charge in [-0.2, -0.15) is 0 Å². The van der Waals surface area contributed by atoms with Crippen LogP contribution >= 0.6 is 0 Å². The van der Waals surface area contributed by atoms with Gasteiger partial charge in [0, 0.05) is 24.8 Å². The number of aromatic nitrogens is 3. The quantitative estimate of drug-likeness (QED) is 0.615. The summed E-state index contributed by atoms with van der Waals surface area (Å²) in [5.41, 5.74) is 3.42. The van der Waals surface area contributed by atoms with E-state index < -0.39 is 16.8 Å². The minimum atomic E-state index is -1.63. The fourth-order valence-corrected chi connectivity index (χ4v) is 4.15. The van der Waals surface area contributed by atoms with Gasteiger partial charge in [-0.25, -0.2) is 18.6 Å². The van der Waals surface area contributed by atoms with Crippen LogP contribution in [-0.4, -0.2) is 45.5 Å². The lowest BCUT2D eigenvalue weighted by atomic mass is 10.1. The molecule has 0 saturated carbocycles. The standard InChI is InChI=1S/C23H22FN5O2S/c1-16-21(23(27-15-26-16)29-8-10-31-11-9-29)7-6-18-12-22(17(2)25-14-18)28-32(30)20-5-3-4-19(24)13-20/h3-5,12-15,28H,8-11H2,1-2H3. The second-order valence-electron chi connectivity index (χ2n) is 7.19. The molecule has 2 aromatic heterocycles. The summed E-state index contributed by atoms with van der Waals surface area (Å²) in [4.78, 5) is 15.6. The minimum absolute atomic E-state index is 0.341. The van der Waals surface area contributed by atoms with Crippen LogP contribution in [0.3, 0.4) is 0 Å². The smallest absolute Gasteiger partial charge is 0.150 e. The highest BCUT2D eigenvalue weighted by atomic mass is 32.2. The van der Waals surface area contributed by atoms with Gasteiger partial charge in [-0.05, 0) is 38.1 Å². The average molecular weight is 452 g/mol. The Morgan fingerprint density at radius 3 is 2.69 bits per heavy atom. The van der Waals surface area contributed by atoms with Crippen molar-refractivity contribution in [3.05, 3.63) is 71.2 Å². The van der Waals surface area contributed by atoms with Gasteiger partial charge in [0.05, 0.1) is 40.7 Å². The van der Waals surface area contributed by atoms with E-state index in [1.807, 2.05) is 6.92 Å². The minimum Gasteiger partial charge on any atom is -0.378 e. The third kappa shape index (κ3) is 5.10. The summed E-state index contributed by atoms with van der Waals surface area (Å²) in [6, 6.07) is 7.45. The van der Waals surface area contributed by atoms with Gasteiger partial charge >= 0.3 is 0 Å². The molecule has 1 unspecified atom stereocenters. The van der Waals surface area contributed by atoms with Crippen molar-refractivity contribution in [2.45, 2.75) is 18.7 Å². The van der Waals surface area contributed by atoms with Gasteiger partial charge in [0.2, 0.25) is 0 Å². The van der Waals surface area contributed by atoms with Crippen molar-refractivity contribution >= 4 is 22.5 Å². The number of pyridine rings is 1. The molecule has 0 amide bonds. The number of hydrogen-bond donors (Lipinski definition) is 1. The maximum absolute atomic E-state index is 13.5. The van der Waals surface area contributed by atoms with E-state index in [2.05, 4.69) is 36.4 Å². The number of ether oxygens (including phenoxy) is 1. The number of benzene rings is 1. The number of aryl methyl sites for hydroxylation is 2. The molecule has 0 spiro atoms. The van der Waals surface area contributed by atoms with Crippen molar-refractivity contribution in [3.8, 4) is 11.8 Å². The van der Waals surface area contributed by atoms with Gasteiger partial charge < -0.3 is 9.64 Å². The van der Waals surface area contributed by atoms with Crippen molar-refractivity contribution in [3.63, 3.8) is 0 Å². The first kappa shape index (κ1) is 21.9. The number of nitrogens with one attached hydrogen (secondary N) is 1. The Morgan fingerprint density at radius 2 is 1.91 bits per heavy atom. The summed E-state index contributed by atoms with van der Waals surface area (Å²) in [7, 11) is -1.63. The number of halogens is 1. The molecule has 0 radical (unpaired) electrons. The normalized spacial score (nSPS) is 14.4. The number of hydrogen-bond acceptors (Lipinski definition) is 6. The van der Waals surface area contributed by atoms with Crippen LogP contribution in [0.1, 0.15) is 22.5 Å². The Kier molecular flexibility index (Phi) is 6.73. The Bertz CT molecular complexity index is 1220. The van der Waals surface area contributed by atoms with E-state index in [4.69, 9.17) is 4.74 Å². The van der Waals surface area contributed by atoms with E-state index in [9.17, 15) is 8.60 Å². The zero-order valence-electron chi connectivity index (χ0n) is 17.8. The molecule has 9 heteroatoms. The van der Waals surface area contributed by atoms with Crippen LogP contribution in [0.5, 0.6) is 0 Å². The molecular formula is C23H22FN5O2S. The van der Waals surface area contributed by atoms with E-state index in [0.29, 0.717) is 35.1 Å². The average Bonchev–Trinajstić information content (AvgIpc) is 2.80. The maximum Gasteiger partial charge on any atom is 0.150 e. The van der Waals surface area contributed by atoms with Gasteiger partial charge in [0.1, 0.15) is 28.9 Å². The van der Waals surface area contributed by atoms with Crippen LogP contribution in [0.2, 0.25) is 0 Å². The fourth-order valence-electron chi connectivity index (χ4n) is 3.20. The first-order valence-corrected chi connectivity index (χ1v) is 11.2. The highest BCUT2D eigenvalue weighted by Gasteiger charge is 2.17. The molecule has 1 saturated heterocycles. The maximum atomic E-state index is 13.5. The summed E-state index contributed by atoms with van der Waals surface area (Å²) < 4.78 is 34.4. The molecule has 1 fully saturated rings. The Morgan fingerprint density at radius 1 is 1.09 bits per heavy atom. The molecule has 7 nitrogen and oxygen atoms in total. The first-order valence-electron chi connectivity index (χ1n) is 10.1. The van der Waals surface area contributed by atoms with Crippen LogP contribution in [-0.2, 0) is 15.7 Å². The van der Waals surface area contributed by atoms with E-state index in [1.165, 1.54) is 18.2 Å². The summed E-state index contributed by atoms with van der Waals surface area (Å²) in [5, 5.41) is 0. The van der Waals surface area contributed by atoms with Crippen molar-refractivity contribution in [2.75, 3.05) is 35.9 Å². The van der Waals surface area contributed by atoms with Gasteiger partial charge in [-0.15, -0.1) is 0 Å². The third-order valence-electron chi connectivity index (χ3n) is 4.96. The molecule has 4 rings (SSSR count). The second-order valence-corrected chi connectivity index (χ2v) is 8.41. The van der Waals surface area contributed by atoms with Crippen LogP contribution in [0.4, 0.5) is 15.9 Å². The van der Waals surface area contributed by atoms with E-state index >= 15 is 0 Å². The zero-order chi connectivity index (χ0) is 22.5. The van der Waals surface area contributed by atoms with Crippen molar-refractivity contribution in [1.29, 1.82) is 0 Å². The molecule has 1 N–H and O–H groups in total. The summed E-state index contributed by atoms with van der Waals surface area (Å²) in [6.45, 7) is 6.49. The van der Waals surface area contributed by atoms with Crippen molar-refractivity contribution in [2.24, 2.45) is 0 Å². The highest BCUT2D eigenvalue weighted by Crippen LogP contribution is 2.21.